The highest BCUT2D eigenvalue weighted by molar-refractivity contribution is 6.31. The summed E-state index contributed by atoms with van der Waals surface area (Å²) in [6.45, 7) is 1.18. The Kier molecular flexibility index (Phi) is 7.92. The summed E-state index contributed by atoms with van der Waals surface area (Å²) < 4.78 is 42.5. The van der Waals surface area contributed by atoms with Crippen molar-refractivity contribution in [3.8, 4) is 11.5 Å². The molecule has 7 nitrogen and oxygen atoms in total. The molecule has 0 saturated carbocycles. The number of aliphatic imine (C=N–C) groups is 1. The number of aliphatic hydroxyl groups is 1. The van der Waals surface area contributed by atoms with Crippen molar-refractivity contribution in [2.45, 2.75) is 25.0 Å². The van der Waals surface area contributed by atoms with Crippen molar-refractivity contribution in [3.05, 3.63) is 70.1 Å². The zero-order chi connectivity index (χ0) is 25.9. The number of benzene rings is 2. The molecule has 3 atom stereocenters. The Hall–Kier alpha value is -3.01. The number of nitrogens with zero attached hydrogens (tertiary/aromatic N) is 1. The molecule has 0 radical (unpaired) electrons. The first-order valence-electron chi connectivity index (χ1n) is 11.5. The van der Waals surface area contributed by atoms with Crippen LogP contribution in [0.15, 0.2) is 53.2 Å². The summed E-state index contributed by atoms with van der Waals surface area (Å²) >= 11 is 5.99. The first-order valence-corrected chi connectivity index (χ1v) is 11.9. The molecular weight excluding hydrogens is 494 g/mol. The van der Waals surface area contributed by atoms with Gasteiger partial charge in [-0.15, -0.1) is 0 Å². The van der Waals surface area contributed by atoms with Gasteiger partial charge in [0.1, 0.15) is 30.8 Å². The van der Waals surface area contributed by atoms with Crippen molar-refractivity contribution in [2.75, 3.05) is 33.5 Å². The number of fused-ring (bicyclic) bond motifs is 1. The summed E-state index contributed by atoms with van der Waals surface area (Å²) in [7, 11) is 1.42. The molecule has 1 saturated heterocycles. The van der Waals surface area contributed by atoms with Crippen LogP contribution >= 0.6 is 11.6 Å². The van der Waals surface area contributed by atoms with Gasteiger partial charge >= 0.3 is 0 Å². The van der Waals surface area contributed by atoms with Crippen LogP contribution < -0.4 is 14.8 Å². The van der Waals surface area contributed by atoms with E-state index in [1.54, 1.807) is 13.0 Å². The molecule has 0 aromatic heterocycles. The SMILES string of the molecule is COc1cc(C(=O)NCC(C)(O)C2=CC3CCOC3C(c3ccc(F)c(Cl)c3)=N2)ccc1OCCF. The molecule has 2 heterocycles. The van der Waals surface area contributed by atoms with Crippen LogP contribution in [0.5, 0.6) is 11.5 Å². The van der Waals surface area contributed by atoms with Crippen molar-refractivity contribution >= 4 is 23.2 Å². The van der Waals surface area contributed by atoms with Gasteiger partial charge in [-0.1, -0.05) is 23.7 Å². The monoisotopic (exact) mass is 520 g/mol. The van der Waals surface area contributed by atoms with Crippen molar-refractivity contribution < 1.29 is 32.9 Å². The molecule has 0 bridgehead atoms. The van der Waals surface area contributed by atoms with E-state index in [1.165, 1.54) is 37.4 Å². The van der Waals surface area contributed by atoms with E-state index in [4.69, 9.17) is 25.8 Å². The number of methoxy groups -OCH3 is 1. The summed E-state index contributed by atoms with van der Waals surface area (Å²) in [4.78, 5) is 17.5. The number of alkyl halides is 1. The highest BCUT2D eigenvalue weighted by atomic mass is 35.5. The third-order valence-corrected chi connectivity index (χ3v) is 6.43. The average molecular weight is 521 g/mol. The van der Waals surface area contributed by atoms with Crippen LogP contribution in [-0.2, 0) is 4.74 Å². The van der Waals surface area contributed by atoms with Crippen molar-refractivity contribution in [2.24, 2.45) is 10.9 Å². The smallest absolute Gasteiger partial charge is 0.251 e. The predicted molar refractivity (Wildman–Crippen MR) is 131 cm³/mol. The van der Waals surface area contributed by atoms with E-state index < -0.39 is 24.0 Å². The average Bonchev–Trinajstić information content (AvgIpc) is 3.36. The minimum atomic E-state index is -1.51. The molecule has 2 aromatic rings. The van der Waals surface area contributed by atoms with E-state index in [-0.39, 0.29) is 41.5 Å². The second-order valence-electron chi connectivity index (χ2n) is 8.78. The largest absolute Gasteiger partial charge is 0.493 e. The quantitative estimate of drug-likeness (QED) is 0.519. The minimum Gasteiger partial charge on any atom is -0.493 e. The lowest BCUT2D eigenvalue weighted by Gasteiger charge is -2.31. The summed E-state index contributed by atoms with van der Waals surface area (Å²) in [5.41, 5.74) is 0.301. The predicted octanol–water partition coefficient (Wildman–Crippen LogP) is 4.11. The maximum absolute atomic E-state index is 13.7. The third-order valence-electron chi connectivity index (χ3n) is 6.14. The molecule has 10 heteroatoms. The maximum atomic E-state index is 13.7. The summed E-state index contributed by atoms with van der Waals surface area (Å²) in [6.07, 6.45) is 2.27. The zero-order valence-electron chi connectivity index (χ0n) is 19.9. The van der Waals surface area contributed by atoms with Gasteiger partial charge in [0.25, 0.3) is 5.91 Å². The number of rotatable bonds is 9. The molecule has 3 unspecified atom stereocenters. The van der Waals surface area contributed by atoms with Crippen molar-refractivity contribution in [1.29, 1.82) is 0 Å². The second-order valence-corrected chi connectivity index (χ2v) is 9.19. The topological polar surface area (TPSA) is 89.4 Å². The number of ether oxygens (including phenoxy) is 3. The fourth-order valence-corrected chi connectivity index (χ4v) is 4.38. The fourth-order valence-electron chi connectivity index (χ4n) is 4.20. The van der Waals surface area contributed by atoms with Gasteiger partial charge in [-0.2, -0.15) is 0 Å². The number of carbonyl (C=O) groups is 1. The van der Waals surface area contributed by atoms with Crippen LogP contribution in [0, 0.1) is 11.7 Å². The van der Waals surface area contributed by atoms with Gasteiger partial charge in [-0.05, 0) is 43.7 Å². The highest BCUT2D eigenvalue weighted by Gasteiger charge is 2.39. The lowest BCUT2D eigenvalue weighted by atomic mass is 9.87. The summed E-state index contributed by atoms with van der Waals surface area (Å²) in [6, 6.07) is 8.86. The molecule has 4 rings (SSSR count). The van der Waals surface area contributed by atoms with E-state index in [9.17, 15) is 18.7 Å². The Bertz CT molecular complexity index is 1200. The van der Waals surface area contributed by atoms with Crippen LogP contribution in [0.25, 0.3) is 0 Å². The van der Waals surface area contributed by atoms with Crippen LogP contribution in [0.3, 0.4) is 0 Å². The van der Waals surface area contributed by atoms with Gasteiger partial charge in [0.2, 0.25) is 0 Å². The summed E-state index contributed by atoms with van der Waals surface area (Å²) in [5, 5.41) is 14.0. The van der Waals surface area contributed by atoms with Crippen molar-refractivity contribution in [1.82, 2.24) is 5.32 Å². The Morgan fingerprint density at radius 3 is 2.83 bits per heavy atom. The zero-order valence-corrected chi connectivity index (χ0v) is 20.6. The molecule has 1 amide bonds. The van der Waals surface area contributed by atoms with Crippen LogP contribution in [-0.4, -0.2) is 62.0 Å². The number of hydrogen-bond donors (Lipinski definition) is 2. The molecule has 0 aliphatic carbocycles. The lowest BCUT2D eigenvalue weighted by molar-refractivity contribution is 0.0769. The molecule has 2 N–H and O–H groups in total. The van der Waals surface area contributed by atoms with Gasteiger partial charge < -0.3 is 24.6 Å². The Morgan fingerprint density at radius 2 is 2.11 bits per heavy atom. The van der Waals surface area contributed by atoms with Gasteiger partial charge in [-0.3, -0.25) is 9.79 Å². The fraction of sp³-hybridized carbons (Fsp3) is 0.385. The van der Waals surface area contributed by atoms with Gasteiger partial charge in [0, 0.05) is 23.7 Å². The number of nitrogens with one attached hydrogen (secondary N) is 1. The van der Waals surface area contributed by atoms with Gasteiger partial charge in [0.15, 0.2) is 11.5 Å². The normalized spacial score (nSPS) is 20.6. The first-order chi connectivity index (χ1) is 17.2. The first kappa shape index (κ1) is 26.1. The van der Waals surface area contributed by atoms with Crippen LogP contribution in [0.2, 0.25) is 5.02 Å². The van der Waals surface area contributed by atoms with E-state index in [1.807, 2.05) is 6.08 Å². The standard InChI is InChI=1S/C26H27ClF2N2O5/c1-26(33,14-30-25(32)17-4-6-20(35-10-8-28)21(12-17)34-2)22-13-16-7-9-36-24(16)23(31-22)15-3-5-19(29)18(27)11-15/h3-6,11-13,16,24,33H,7-10,14H2,1-2H3,(H,30,32). The molecule has 2 aliphatic rings. The van der Waals surface area contributed by atoms with Crippen LogP contribution in [0.1, 0.15) is 29.3 Å². The molecule has 2 aromatic carbocycles. The Balaban J connectivity index is 1.52. The van der Waals surface area contributed by atoms with Gasteiger partial charge in [0.05, 0.1) is 30.1 Å². The number of amides is 1. The van der Waals surface area contributed by atoms with E-state index >= 15 is 0 Å². The Morgan fingerprint density at radius 1 is 1.31 bits per heavy atom. The number of carbonyl (C=O) groups excluding carboxylic acids is 1. The number of halogens is 3. The summed E-state index contributed by atoms with van der Waals surface area (Å²) in [5.74, 6) is -0.400. The second kappa shape index (κ2) is 10.9. The molecular formula is C26H27ClF2N2O5. The number of hydrogen-bond acceptors (Lipinski definition) is 6. The van der Waals surface area contributed by atoms with Gasteiger partial charge in [-0.25, -0.2) is 8.78 Å². The lowest BCUT2D eigenvalue weighted by Crippen LogP contribution is -2.44. The molecule has 1 fully saturated rings. The third kappa shape index (κ3) is 5.53. The maximum Gasteiger partial charge on any atom is 0.251 e. The van der Waals surface area contributed by atoms with Crippen molar-refractivity contribution in [3.63, 3.8) is 0 Å². The molecule has 36 heavy (non-hydrogen) atoms. The molecule has 0 spiro atoms. The van der Waals surface area contributed by atoms with E-state index in [0.29, 0.717) is 29.3 Å². The Labute approximate surface area is 212 Å². The van der Waals surface area contributed by atoms with E-state index in [0.717, 1.165) is 6.42 Å². The van der Waals surface area contributed by atoms with E-state index in [2.05, 4.69) is 10.3 Å². The highest BCUT2D eigenvalue weighted by Crippen LogP contribution is 2.35. The molecule has 2 aliphatic heterocycles. The molecule has 192 valence electrons. The minimum absolute atomic E-state index is 0.0281. The van der Waals surface area contributed by atoms with Crippen LogP contribution in [0.4, 0.5) is 8.78 Å².